The molecule has 3 aromatic carbocycles. The molecule has 4 aromatic rings. The molecule has 0 saturated heterocycles. The van der Waals surface area contributed by atoms with Gasteiger partial charge in [0.25, 0.3) is 0 Å². The molecular weight excluding hydrogens is 439 g/mol. The molecule has 1 N–H and O–H groups in total. The molecule has 0 atom stereocenters. The molecule has 7 heteroatoms. The third-order valence-electron chi connectivity index (χ3n) is 4.90. The zero-order chi connectivity index (χ0) is 23.2. The van der Waals surface area contributed by atoms with Crippen molar-refractivity contribution in [2.24, 2.45) is 0 Å². The van der Waals surface area contributed by atoms with Gasteiger partial charge in [0.05, 0.1) is 25.6 Å². The Balaban J connectivity index is 1.53. The van der Waals surface area contributed by atoms with Crippen LogP contribution in [0.1, 0.15) is 5.56 Å². The zero-order valence-corrected chi connectivity index (χ0v) is 18.9. The SMILES string of the molecule is COc1ccc(/C=C/C(=O)Nc2ccccc2-c2csc(-c3ccccc3F)n2)cc1OC. The van der Waals surface area contributed by atoms with Crippen LogP contribution in [0.4, 0.5) is 10.1 Å². The minimum Gasteiger partial charge on any atom is -0.493 e. The third-order valence-corrected chi connectivity index (χ3v) is 5.78. The molecule has 0 aliphatic rings. The van der Waals surface area contributed by atoms with E-state index in [9.17, 15) is 9.18 Å². The maximum absolute atomic E-state index is 14.1. The average Bonchev–Trinajstić information content (AvgIpc) is 3.33. The van der Waals surface area contributed by atoms with Gasteiger partial charge in [0.1, 0.15) is 10.8 Å². The van der Waals surface area contributed by atoms with Gasteiger partial charge in [0.2, 0.25) is 5.91 Å². The number of hydrogen-bond acceptors (Lipinski definition) is 5. The van der Waals surface area contributed by atoms with E-state index in [0.717, 1.165) is 11.1 Å². The van der Waals surface area contributed by atoms with Gasteiger partial charge in [-0.05, 0) is 42.0 Å². The van der Waals surface area contributed by atoms with Crippen molar-refractivity contribution in [3.05, 3.63) is 89.6 Å². The molecule has 0 fully saturated rings. The number of aromatic nitrogens is 1. The fraction of sp³-hybridized carbons (Fsp3) is 0.0769. The second-order valence-electron chi connectivity index (χ2n) is 7.00. The fourth-order valence-electron chi connectivity index (χ4n) is 3.27. The highest BCUT2D eigenvalue weighted by Gasteiger charge is 2.13. The second-order valence-corrected chi connectivity index (χ2v) is 7.86. The number of carbonyl (C=O) groups excluding carboxylic acids is 1. The van der Waals surface area contributed by atoms with Crippen LogP contribution in [-0.4, -0.2) is 25.1 Å². The largest absolute Gasteiger partial charge is 0.493 e. The number of anilines is 1. The lowest BCUT2D eigenvalue weighted by atomic mass is 10.1. The predicted molar refractivity (Wildman–Crippen MR) is 130 cm³/mol. The molecule has 0 bridgehead atoms. The summed E-state index contributed by atoms with van der Waals surface area (Å²) in [7, 11) is 3.13. The summed E-state index contributed by atoms with van der Waals surface area (Å²) in [6.45, 7) is 0. The van der Waals surface area contributed by atoms with E-state index in [4.69, 9.17) is 9.47 Å². The summed E-state index contributed by atoms with van der Waals surface area (Å²) in [5, 5.41) is 5.33. The lowest BCUT2D eigenvalue weighted by molar-refractivity contribution is -0.111. The summed E-state index contributed by atoms with van der Waals surface area (Å²) < 4.78 is 24.7. The highest BCUT2D eigenvalue weighted by Crippen LogP contribution is 2.33. The van der Waals surface area contributed by atoms with Gasteiger partial charge in [0.15, 0.2) is 11.5 Å². The number of halogens is 1. The maximum Gasteiger partial charge on any atom is 0.248 e. The van der Waals surface area contributed by atoms with E-state index in [-0.39, 0.29) is 11.7 Å². The van der Waals surface area contributed by atoms with Crippen molar-refractivity contribution >= 4 is 29.0 Å². The quantitative estimate of drug-likeness (QED) is 0.330. The van der Waals surface area contributed by atoms with Gasteiger partial charge in [-0.1, -0.05) is 36.4 Å². The molecule has 1 aromatic heterocycles. The van der Waals surface area contributed by atoms with E-state index in [2.05, 4.69) is 10.3 Å². The fourth-order valence-corrected chi connectivity index (χ4v) is 4.12. The third kappa shape index (κ3) is 5.10. The number of carbonyl (C=O) groups is 1. The number of hydrogen-bond donors (Lipinski definition) is 1. The lowest BCUT2D eigenvalue weighted by Gasteiger charge is -2.09. The number of nitrogens with one attached hydrogen (secondary N) is 1. The predicted octanol–water partition coefficient (Wildman–Crippen LogP) is 6.29. The van der Waals surface area contributed by atoms with Crippen LogP contribution >= 0.6 is 11.3 Å². The minimum absolute atomic E-state index is 0.290. The molecule has 33 heavy (non-hydrogen) atoms. The van der Waals surface area contributed by atoms with Gasteiger partial charge < -0.3 is 14.8 Å². The average molecular weight is 461 g/mol. The van der Waals surface area contributed by atoms with Crippen molar-refractivity contribution in [1.82, 2.24) is 4.98 Å². The van der Waals surface area contributed by atoms with Crippen LogP contribution in [0.5, 0.6) is 11.5 Å². The monoisotopic (exact) mass is 460 g/mol. The number of thiazole rings is 1. The summed E-state index contributed by atoms with van der Waals surface area (Å²) in [5.74, 6) is 0.590. The van der Waals surface area contributed by atoms with Crippen molar-refractivity contribution in [2.45, 2.75) is 0 Å². The van der Waals surface area contributed by atoms with E-state index in [0.29, 0.717) is 33.5 Å². The number of rotatable bonds is 7. The van der Waals surface area contributed by atoms with E-state index in [1.807, 2.05) is 29.6 Å². The first-order valence-corrected chi connectivity index (χ1v) is 11.0. The molecule has 0 aliphatic carbocycles. The molecular formula is C26H21FN2O3S. The Bertz CT molecular complexity index is 1320. The molecule has 1 heterocycles. The van der Waals surface area contributed by atoms with E-state index < -0.39 is 0 Å². The van der Waals surface area contributed by atoms with Crippen molar-refractivity contribution in [1.29, 1.82) is 0 Å². The van der Waals surface area contributed by atoms with Crippen molar-refractivity contribution in [3.63, 3.8) is 0 Å². The maximum atomic E-state index is 14.1. The van der Waals surface area contributed by atoms with Crippen molar-refractivity contribution < 1.29 is 18.7 Å². The van der Waals surface area contributed by atoms with Gasteiger partial charge in [-0.2, -0.15) is 0 Å². The zero-order valence-electron chi connectivity index (χ0n) is 18.0. The summed E-state index contributed by atoms with van der Waals surface area (Å²) in [5.41, 5.74) is 3.28. The minimum atomic E-state index is -0.319. The van der Waals surface area contributed by atoms with Crippen LogP contribution in [0.3, 0.4) is 0 Å². The standard InChI is InChI=1S/C26H21FN2O3S/c1-31-23-13-11-17(15-24(23)32-2)12-14-25(30)28-21-10-6-4-8-19(21)22-16-33-26(29-22)18-7-3-5-9-20(18)27/h3-16H,1-2H3,(H,28,30)/b14-12+. The molecule has 0 aliphatic heterocycles. The van der Waals surface area contributed by atoms with Gasteiger partial charge in [-0.15, -0.1) is 11.3 Å². The van der Waals surface area contributed by atoms with Crippen LogP contribution in [0.15, 0.2) is 78.2 Å². The van der Waals surface area contributed by atoms with E-state index in [1.54, 1.807) is 56.7 Å². The number of para-hydroxylation sites is 1. The van der Waals surface area contributed by atoms with Crippen LogP contribution in [0, 0.1) is 5.82 Å². The Morgan fingerprint density at radius 3 is 2.45 bits per heavy atom. The Morgan fingerprint density at radius 1 is 0.970 bits per heavy atom. The van der Waals surface area contributed by atoms with Gasteiger partial charge in [-0.3, -0.25) is 4.79 Å². The number of benzene rings is 3. The highest BCUT2D eigenvalue weighted by atomic mass is 32.1. The molecule has 0 saturated carbocycles. The molecule has 5 nitrogen and oxygen atoms in total. The summed E-state index contributed by atoms with van der Waals surface area (Å²) in [4.78, 5) is 17.2. The number of amides is 1. The summed E-state index contributed by atoms with van der Waals surface area (Å²) in [6.07, 6.45) is 3.14. The number of ether oxygens (including phenoxy) is 2. The molecule has 1 amide bonds. The Morgan fingerprint density at radius 2 is 1.70 bits per heavy atom. The summed E-state index contributed by atoms with van der Waals surface area (Å²) in [6, 6.07) is 19.3. The van der Waals surface area contributed by atoms with Crippen LogP contribution in [0.25, 0.3) is 27.9 Å². The van der Waals surface area contributed by atoms with Crippen molar-refractivity contribution in [2.75, 3.05) is 19.5 Å². The topological polar surface area (TPSA) is 60.5 Å². The molecule has 166 valence electrons. The first-order chi connectivity index (χ1) is 16.1. The molecule has 0 unspecified atom stereocenters. The van der Waals surface area contributed by atoms with Crippen LogP contribution in [-0.2, 0) is 4.79 Å². The van der Waals surface area contributed by atoms with Gasteiger partial charge in [0, 0.05) is 22.6 Å². The first kappa shape index (κ1) is 22.2. The number of nitrogens with zero attached hydrogens (tertiary/aromatic N) is 1. The first-order valence-electron chi connectivity index (χ1n) is 10.1. The van der Waals surface area contributed by atoms with Crippen molar-refractivity contribution in [3.8, 4) is 33.3 Å². The second kappa shape index (κ2) is 10.1. The smallest absolute Gasteiger partial charge is 0.248 e. The van der Waals surface area contributed by atoms with Gasteiger partial charge in [-0.25, -0.2) is 9.37 Å². The Hall–Kier alpha value is -3.97. The molecule has 0 radical (unpaired) electrons. The van der Waals surface area contributed by atoms with E-state index >= 15 is 0 Å². The lowest BCUT2D eigenvalue weighted by Crippen LogP contribution is -2.08. The van der Waals surface area contributed by atoms with Gasteiger partial charge >= 0.3 is 0 Å². The Kier molecular flexibility index (Phi) is 6.80. The van der Waals surface area contributed by atoms with Crippen LogP contribution < -0.4 is 14.8 Å². The highest BCUT2D eigenvalue weighted by molar-refractivity contribution is 7.13. The molecule has 4 rings (SSSR count). The van der Waals surface area contributed by atoms with E-state index in [1.165, 1.54) is 23.5 Å². The summed E-state index contributed by atoms with van der Waals surface area (Å²) >= 11 is 1.35. The van der Waals surface area contributed by atoms with Crippen LogP contribution in [0.2, 0.25) is 0 Å². The Labute approximate surface area is 195 Å². The molecule has 0 spiro atoms. The normalized spacial score (nSPS) is 10.9. The number of methoxy groups -OCH3 is 2.